The summed E-state index contributed by atoms with van der Waals surface area (Å²) in [5, 5.41) is 5.45. The molecule has 1 fully saturated rings. The van der Waals surface area contributed by atoms with Crippen LogP contribution in [0.3, 0.4) is 0 Å². The first kappa shape index (κ1) is 19.0. The number of carbonyl (C=O) groups is 3. The second kappa shape index (κ2) is 7.68. The highest BCUT2D eigenvalue weighted by atomic mass is 16.2. The van der Waals surface area contributed by atoms with E-state index in [1.54, 1.807) is 6.92 Å². The Balaban J connectivity index is 2.12. The lowest BCUT2D eigenvalue weighted by Crippen LogP contribution is -2.43. The molecular formula is C19H27N3O3. The van der Waals surface area contributed by atoms with Gasteiger partial charge in [0.15, 0.2) is 0 Å². The average Bonchev–Trinajstić information content (AvgIpc) is 2.79. The first-order valence-corrected chi connectivity index (χ1v) is 8.80. The fraction of sp³-hybridized carbons (Fsp3) is 0.526. The van der Waals surface area contributed by atoms with Crippen LogP contribution < -0.4 is 10.6 Å². The Morgan fingerprint density at radius 2 is 1.88 bits per heavy atom. The molecule has 1 aromatic rings. The Labute approximate surface area is 149 Å². The smallest absolute Gasteiger partial charge is 0.325 e. The molecule has 4 amide bonds. The highest BCUT2D eigenvalue weighted by molar-refractivity contribution is 6.09. The topological polar surface area (TPSA) is 78.5 Å². The number of benzene rings is 1. The van der Waals surface area contributed by atoms with Crippen LogP contribution in [0.2, 0.25) is 0 Å². The highest BCUT2D eigenvalue weighted by Crippen LogP contribution is 2.29. The standard InChI is InChI=1S/C19H27N3O3/c1-5-6-11-20-16(23)12-22-17(24)19(4,21-18(22)25)15-9-7-14(8-10-15)13(2)3/h7-10,13H,5-6,11-12H2,1-4H3,(H,20,23)(H,21,25)/t19-/m0/s1. The number of hydrogen-bond donors (Lipinski definition) is 2. The molecule has 0 aromatic heterocycles. The van der Waals surface area contributed by atoms with E-state index in [1.807, 2.05) is 31.2 Å². The molecule has 0 aliphatic carbocycles. The van der Waals surface area contributed by atoms with Gasteiger partial charge in [0.1, 0.15) is 12.1 Å². The zero-order chi connectivity index (χ0) is 18.6. The average molecular weight is 345 g/mol. The molecule has 1 aromatic carbocycles. The minimum absolute atomic E-state index is 0.256. The fourth-order valence-electron chi connectivity index (χ4n) is 2.84. The minimum atomic E-state index is -1.14. The van der Waals surface area contributed by atoms with E-state index in [0.29, 0.717) is 18.0 Å². The lowest BCUT2D eigenvalue weighted by atomic mass is 9.90. The van der Waals surface area contributed by atoms with Gasteiger partial charge in [-0.1, -0.05) is 51.5 Å². The Hall–Kier alpha value is -2.37. The molecule has 2 N–H and O–H groups in total. The van der Waals surface area contributed by atoms with Crippen LogP contribution in [0.25, 0.3) is 0 Å². The van der Waals surface area contributed by atoms with E-state index in [0.717, 1.165) is 23.3 Å². The number of urea groups is 1. The van der Waals surface area contributed by atoms with Crippen LogP contribution in [-0.4, -0.2) is 35.8 Å². The summed E-state index contributed by atoms with van der Waals surface area (Å²) in [7, 11) is 0. The van der Waals surface area contributed by atoms with E-state index in [9.17, 15) is 14.4 Å². The number of hydrogen-bond acceptors (Lipinski definition) is 3. The third-order valence-corrected chi connectivity index (χ3v) is 4.58. The molecule has 0 saturated carbocycles. The molecule has 6 heteroatoms. The van der Waals surface area contributed by atoms with E-state index in [1.165, 1.54) is 0 Å². The van der Waals surface area contributed by atoms with Crippen molar-refractivity contribution in [3.63, 3.8) is 0 Å². The van der Waals surface area contributed by atoms with Crippen molar-refractivity contribution in [2.45, 2.75) is 52.0 Å². The fourth-order valence-corrected chi connectivity index (χ4v) is 2.84. The maximum atomic E-state index is 12.8. The Morgan fingerprint density at radius 3 is 2.44 bits per heavy atom. The van der Waals surface area contributed by atoms with E-state index in [2.05, 4.69) is 24.5 Å². The summed E-state index contributed by atoms with van der Waals surface area (Å²) in [4.78, 5) is 37.9. The number of carbonyl (C=O) groups excluding carboxylic acids is 3. The summed E-state index contributed by atoms with van der Waals surface area (Å²) < 4.78 is 0. The van der Waals surface area contributed by atoms with Gasteiger partial charge in [0.2, 0.25) is 5.91 Å². The van der Waals surface area contributed by atoms with Gasteiger partial charge in [-0.15, -0.1) is 0 Å². The van der Waals surface area contributed by atoms with Crippen molar-refractivity contribution in [1.29, 1.82) is 0 Å². The highest BCUT2D eigenvalue weighted by Gasteiger charge is 2.49. The van der Waals surface area contributed by atoms with Crippen molar-refractivity contribution in [3.8, 4) is 0 Å². The molecule has 1 atom stereocenters. The van der Waals surface area contributed by atoms with Crippen molar-refractivity contribution in [3.05, 3.63) is 35.4 Å². The second-order valence-corrected chi connectivity index (χ2v) is 6.93. The van der Waals surface area contributed by atoms with Crippen LogP contribution in [-0.2, 0) is 15.1 Å². The van der Waals surface area contributed by atoms with Crippen molar-refractivity contribution in [2.75, 3.05) is 13.1 Å². The zero-order valence-electron chi connectivity index (χ0n) is 15.4. The van der Waals surface area contributed by atoms with Gasteiger partial charge in [-0.05, 0) is 30.4 Å². The SMILES string of the molecule is CCCCNC(=O)CN1C(=O)N[C@@](C)(c2ccc(C(C)C)cc2)C1=O. The first-order valence-electron chi connectivity index (χ1n) is 8.80. The normalized spacial score (nSPS) is 20.1. The van der Waals surface area contributed by atoms with Crippen LogP contribution in [0.1, 0.15) is 57.6 Å². The molecule has 25 heavy (non-hydrogen) atoms. The summed E-state index contributed by atoms with van der Waals surface area (Å²) in [6.07, 6.45) is 1.83. The van der Waals surface area contributed by atoms with Gasteiger partial charge in [-0.25, -0.2) is 4.79 Å². The van der Waals surface area contributed by atoms with Crippen LogP contribution >= 0.6 is 0 Å². The van der Waals surface area contributed by atoms with E-state index in [4.69, 9.17) is 0 Å². The van der Waals surface area contributed by atoms with Gasteiger partial charge in [-0.2, -0.15) is 0 Å². The second-order valence-electron chi connectivity index (χ2n) is 6.93. The molecule has 0 spiro atoms. The first-order chi connectivity index (χ1) is 11.8. The largest absolute Gasteiger partial charge is 0.355 e. The number of amides is 4. The van der Waals surface area contributed by atoms with Gasteiger partial charge in [0.25, 0.3) is 5.91 Å². The van der Waals surface area contributed by atoms with Crippen LogP contribution in [0.15, 0.2) is 24.3 Å². The molecular weight excluding hydrogens is 318 g/mol. The third kappa shape index (κ3) is 4.00. The van der Waals surface area contributed by atoms with Crippen molar-refractivity contribution in [1.82, 2.24) is 15.5 Å². The molecule has 6 nitrogen and oxygen atoms in total. The molecule has 0 unspecified atom stereocenters. The number of nitrogens with zero attached hydrogens (tertiary/aromatic N) is 1. The monoisotopic (exact) mass is 345 g/mol. The van der Waals surface area contributed by atoms with Crippen LogP contribution in [0.4, 0.5) is 4.79 Å². The summed E-state index contributed by atoms with van der Waals surface area (Å²) in [6, 6.07) is 7.11. The van der Waals surface area contributed by atoms with E-state index >= 15 is 0 Å². The number of nitrogens with one attached hydrogen (secondary N) is 2. The predicted molar refractivity (Wildman–Crippen MR) is 96.0 cm³/mol. The summed E-state index contributed by atoms with van der Waals surface area (Å²) in [5.74, 6) is -0.337. The zero-order valence-corrected chi connectivity index (χ0v) is 15.4. The molecule has 1 aliphatic rings. The lowest BCUT2D eigenvalue weighted by molar-refractivity contribution is -0.134. The molecule has 136 valence electrons. The molecule has 1 aliphatic heterocycles. The van der Waals surface area contributed by atoms with Crippen LogP contribution in [0, 0.1) is 0 Å². The van der Waals surface area contributed by atoms with Gasteiger partial charge in [0, 0.05) is 6.54 Å². The quantitative estimate of drug-likeness (QED) is 0.589. The summed E-state index contributed by atoms with van der Waals surface area (Å²) in [6.45, 7) is 8.18. The van der Waals surface area contributed by atoms with Gasteiger partial charge < -0.3 is 10.6 Å². The number of imide groups is 1. The summed E-state index contributed by atoms with van der Waals surface area (Å²) in [5.41, 5.74) is 0.733. The maximum absolute atomic E-state index is 12.8. The van der Waals surface area contributed by atoms with Crippen molar-refractivity contribution < 1.29 is 14.4 Å². The maximum Gasteiger partial charge on any atom is 0.325 e. The van der Waals surface area contributed by atoms with E-state index < -0.39 is 17.5 Å². The molecule has 2 rings (SSSR count). The lowest BCUT2D eigenvalue weighted by Gasteiger charge is -2.22. The minimum Gasteiger partial charge on any atom is -0.355 e. The van der Waals surface area contributed by atoms with Crippen LogP contribution in [0.5, 0.6) is 0 Å². The van der Waals surface area contributed by atoms with Crippen molar-refractivity contribution >= 4 is 17.8 Å². The Morgan fingerprint density at radius 1 is 1.24 bits per heavy atom. The van der Waals surface area contributed by atoms with Crippen molar-refractivity contribution in [2.24, 2.45) is 0 Å². The van der Waals surface area contributed by atoms with E-state index in [-0.39, 0.29) is 12.5 Å². The Bertz CT molecular complexity index is 654. The molecule has 0 radical (unpaired) electrons. The third-order valence-electron chi connectivity index (χ3n) is 4.58. The summed E-state index contributed by atoms with van der Waals surface area (Å²) >= 11 is 0. The molecule has 1 heterocycles. The number of unbranched alkanes of at least 4 members (excludes halogenated alkanes) is 1. The van der Waals surface area contributed by atoms with Gasteiger partial charge in [-0.3, -0.25) is 14.5 Å². The molecule has 1 saturated heterocycles. The Kier molecular flexibility index (Phi) is 5.82. The van der Waals surface area contributed by atoms with Gasteiger partial charge in [0.05, 0.1) is 0 Å². The predicted octanol–water partition coefficient (Wildman–Crippen LogP) is 2.49. The van der Waals surface area contributed by atoms with Gasteiger partial charge >= 0.3 is 6.03 Å². The molecule has 0 bridgehead atoms. The number of rotatable bonds is 7.